The third kappa shape index (κ3) is 3.74. The van der Waals surface area contributed by atoms with E-state index in [1.807, 2.05) is 13.8 Å². The molecule has 0 spiro atoms. The standard InChI is InChI=1S/C20H31ClN4O3Si/c1-19(2,3)29(6,7)26-9-12-8-13(16-15(12)27-20(4,5)28-16)25-11-24-14-17(21)22-10-23-18(14)25/h10-13,15-16H,8-9H2,1-7H3/t12-,13+,15-,16+/m1/s1. The molecule has 29 heavy (non-hydrogen) atoms. The fourth-order valence-electron chi connectivity index (χ4n) is 4.09. The van der Waals surface area contributed by atoms with Crippen LogP contribution in [0.5, 0.6) is 0 Å². The third-order valence-corrected chi connectivity index (χ3v) is 11.5. The highest BCUT2D eigenvalue weighted by molar-refractivity contribution is 6.74. The molecule has 7 nitrogen and oxygen atoms in total. The Bertz CT molecular complexity index is 911. The molecular weight excluding hydrogens is 408 g/mol. The molecule has 2 aliphatic rings. The maximum Gasteiger partial charge on any atom is 0.191 e. The molecule has 2 aromatic rings. The van der Waals surface area contributed by atoms with E-state index in [-0.39, 0.29) is 29.2 Å². The second kappa shape index (κ2) is 6.98. The Kier molecular flexibility index (Phi) is 5.10. The minimum Gasteiger partial charge on any atom is -0.416 e. The summed E-state index contributed by atoms with van der Waals surface area (Å²) >= 11 is 6.21. The molecule has 1 aliphatic carbocycles. The van der Waals surface area contributed by atoms with Gasteiger partial charge in [0.2, 0.25) is 0 Å². The average molecular weight is 439 g/mol. The predicted octanol–water partition coefficient (Wildman–Crippen LogP) is 4.58. The molecular formula is C20H31ClN4O3Si. The van der Waals surface area contributed by atoms with Crippen LogP contribution in [0.25, 0.3) is 11.2 Å². The normalized spacial score (nSPS) is 29.5. The molecule has 1 saturated heterocycles. The number of hydrogen-bond donors (Lipinski definition) is 0. The molecule has 0 unspecified atom stereocenters. The number of hydrogen-bond acceptors (Lipinski definition) is 6. The molecule has 2 aromatic heterocycles. The number of aromatic nitrogens is 4. The van der Waals surface area contributed by atoms with E-state index >= 15 is 0 Å². The van der Waals surface area contributed by atoms with E-state index in [9.17, 15) is 0 Å². The molecule has 0 aromatic carbocycles. The predicted molar refractivity (Wildman–Crippen MR) is 114 cm³/mol. The Morgan fingerprint density at radius 3 is 2.59 bits per heavy atom. The molecule has 0 radical (unpaired) electrons. The van der Waals surface area contributed by atoms with Crippen molar-refractivity contribution in [1.29, 1.82) is 0 Å². The number of nitrogens with zero attached hydrogens (tertiary/aromatic N) is 4. The summed E-state index contributed by atoms with van der Waals surface area (Å²) in [5, 5.41) is 0.537. The maximum absolute atomic E-state index is 6.56. The summed E-state index contributed by atoms with van der Waals surface area (Å²) in [6.07, 6.45) is 4.05. The lowest BCUT2D eigenvalue weighted by molar-refractivity contribution is -0.161. The zero-order valence-corrected chi connectivity index (χ0v) is 20.0. The van der Waals surface area contributed by atoms with Crippen LogP contribution in [0.4, 0.5) is 0 Å². The molecule has 160 valence electrons. The molecule has 0 bridgehead atoms. The molecule has 3 heterocycles. The second-order valence-corrected chi connectivity index (χ2v) is 15.4. The fourth-order valence-corrected chi connectivity index (χ4v) is 5.33. The Balaban J connectivity index is 1.62. The number of halogens is 1. The van der Waals surface area contributed by atoms with E-state index in [0.29, 0.717) is 17.3 Å². The summed E-state index contributed by atoms with van der Waals surface area (Å²) in [6, 6.07) is 0.0609. The molecule has 9 heteroatoms. The van der Waals surface area contributed by atoms with Gasteiger partial charge >= 0.3 is 0 Å². The molecule has 0 amide bonds. The quantitative estimate of drug-likeness (QED) is 0.513. The Labute approximate surface area is 178 Å². The van der Waals surface area contributed by atoms with Gasteiger partial charge in [-0.2, -0.15) is 0 Å². The first kappa shape index (κ1) is 21.2. The highest BCUT2D eigenvalue weighted by atomic mass is 35.5. The summed E-state index contributed by atoms with van der Waals surface area (Å²) in [6.45, 7) is 16.0. The van der Waals surface area contributed by atoms with Crippen LogP contribution in [-0.2, 0) is 13.9 Å². The van der Waals surface area contributed by atoms with Crippen molar-refractivity contribution < 1.29 is 13.9 Å². The van der Waals surface area contributed by atoms with E-state index in [1.54, 1.807) is 6.33 Å². The zero-order chi connectivity index (χ0) is 21.2. The van der Waals surface area contributed by atoms with Crippen LogP contribution in [0, 0.1) is 5.92 Å². The van der Waals surface area contributed by atoms with E-state index in [1.165, 1.54) is 6.33 Å². The topological polar surface area (TPSA) is 71.3 Å². The number of ether oxygens (including phenoxy) is 2. The first-order chi connectivity index (χ1) is 13.4. The minimum absolute atomic E-state index is 0.0190. The fraction of sp³-hybridized carbons (Fsp3) is 0.750. The molecule has 1 saturated carbocycles. The molecule has 4 rings (SSSR count). The summed E-state index contributed by atoms with van der Waals surface area (Å²) in [4.78, 5) is 12.9. The van der Waals surface area contributed by atoms with Crippen molar-refractivity contribution in [1.82, 2.24) is 19.5 Å². The van der Waals surface area contributed by atoms with Gasteiger partial charge in [-0.1, -0.05) is 32.4 Å². The van der Waals surface area contributed by atoms with E-state index in [4.69, 9.17) is 25.5 Å². The van der Waals surface area contributed by atoms with Crippen molar-refractivity contribution in [2.24, 2.45) is 5.92 Å². The maximum atomic E-state index is 6.56. The summed E-state index contributed by atoms with van der Waals surface area (Å²) < 4.78 is 21.3. The summed E-state index contributed by atoms with van der Waals surface area (Å²) in [5.41, 5.74) is 1.35. The average Bonchev–Trinajstić information content (AvgIpc) is 3.24. The van der Waals surface area contributed by atoms with Gasteiger partial charge in [0.15, 0.2) is 24.9 Å². The first-order valence-corrected chi connectivity index (χ1v) is 13.5. The van der Waals surface area contributed by atoms with Crippen LogP contribution in [-0.4, -0.2) is 52.4 Å². The highest BCUT2D eigenvalue weighted by Crippen LogP contribution is 2.48. The van der Waals surface area contributed by atoms with Gasteiger partial charge in [-0.15, -0.1) is 0 Å². The molecule has 2 fully saturated rings. The van der Waals surface area contributed by atoms with Crippen LogP contribution < -0.4 is 0 Å². The highest BCUT2D eigenvalue weighted by Gasteiger charge is 2.55. The second-order valence-electron chi connectivity index (χ2n) is 10.2. The lowest BCUT2D eigenvalue weighted by Gasteiger charge is -2.37. The van der Waals surface area contributed by atoms with Crippen molar-refractivity contribution >= 4 is 31.1 Å². The van der Waals surface area contributed by atoms with Crippen molar-refractivity contribution in [3.8, 4) is 0 Å². The van der Waals surface area contributed by atoms with Crippen molar-refractivity contribution in [2.45, 2.75) is 83.2 Å². The number of fused-ring (bicyclic) bond motifs is 2. The first-order valence-electron chi connectivity index (χ1n) is 10.2. The lowest BCUT2D eigenvalue weighted by Crippen LogP contribution is -2.43. The van der Waals surface area contributed by atoms with Crippen LogP contribution in [0.3, 0.4) is 0 Å². The SMILES string of the molecule is CC1(C)O[C@@H]2[C@@H](CO[Si](C)(C)C(C)(C)C)C[C@H](n3cnc4c(Cl)ncnc43)[C@@H]2O1. The molecule has 1 aliphatic heterocycles. The summed E-state index contributed by atoms with van der Waals surface area (Å²) in [5.74, 6) is -0.373. The van der Waals surface area contributed by atoms with E-state index < -0.39 is 14.1 Å². The summed E-state index contributed by atoms with van der Waals surface area (Å²) in [7, 11) is -1.85. The Morgan fingerprint density at radius 2 is 1.90 bits per heavy atom. The van der Waals surface area contributed by atoms with Crippen LogP contribution >= 0.6 is 11.6 Å². The Hall–Kier alpha value is -1.06. The van der Waals surface area contributed by atoms with Gasteiger partial charge in [-0.3, -0.25) is 0 Å². The number of rotatable bonds is 4. The molecule has 0 N–H and O–H groups in total. The van der Waals surface area contributed by atoms with E-state index in [0.717, 1.165) is 12.1 Å². The van der Waals surface area contributed by atoms with Crippen molar-refractivity contribution in [3.05, 3.63) is 17.8 Å². The van der Waals surface area contributed by atoms with Gasteiger partial charge in [0, 0.05) is 12.5 Å². The van der Waals surface area contributed by atoms with Crippen molar-refractivity contribution in [2.75, 3.05) is 6.61 Å². The molecule has 4 atom stereocenters. The van der Waals surface area contributed by atoms with Crippen molar-refractivity contribution in [3.63, 3.8) is 0 Å². The van der Waals surface area contributed by atoms with Gasteiger partial charge in [-0.25, -0.2) is 15.0 Å². The zero-order valence-electron chi connectivity index (χ0n) is 18.3. The minimum atomic E-state index is -1.85. The van der Waals surface area contributed by atoms with Crippen LogP contribution in [0.15, 0.2) is 12.7 Å². The lowest BCUT2D eigenvalue weighted by atomic mass is 10.1. The largest absolute Gasteiger partial charge is 0.416 e. The third-order valence-electron chi connectivity index (χ3n) is 6.69. The van der Waals surface area contributed by atoms with Crippen LogP contribution in [0.1, 0.15) is 47.1 Å². The van der Waals surface area contributed by atoms with Gasteiger partial charge in [0.25, 0.3) is 0 Å². The van der Waals surface area contributed by atoms with Gasteiger partial charge in [0.05, 0.1) is 18.5 Å². The van der Waals surface area contributed by atoms with Gasteiger partial charge in [0.1, 0.15) is 17.9 Å². The number of imidazole rings is 1. The van der Waals surface area contributed by atoms with Gasteiger partial charge in [-0.05, 0) is 38.4 Å². The van der Waals surface area contributed by atoms with E-state index in [2.05, 4.69) is 53.4 Å². The van der Waals surface area contributed by atoms with Gasteiger partial charge < -0.3 is 18.5 Å². The Morgan fingerprint density at radius 1 is 1.21 bits per heavy atom. The van der Waals surface area contributed by atoms with Crippen LogP contribution in [0.2, 0.25) is 23.3 Å². The monoisotopic (exact) mass is 438 g/mol. The smallest absolute Gasteiger partial charge is 0.191 e.